The Morgan fingerprint density at radius 1 is 1.12 bits per heavy atom. The molecule has 0 aliphatic rings. The summed E-state index contributed by atoms with van der Waals surface area (Å²) in [6, 6.07) is 7.64. The number of benzene rings is 1. The number of esters is 1. The molecular weight excluding hydrogens is 332 g/mol. The second-order valence-electron chi connectivity index (χ2n) is 5.90. The molecule has 2 heterocycles. The van der Waals surface area contributed by atoms with Crippen molar-refractivity contribution in [2.75, 3.05) is 7.11 Å². The van der Waals surface area contributed by atoms with Crippen molar-refractivity contribution in [3.8, 4) is 17.4 Å². The lowest BCUT2D eigenvalue weighted by atomic mass is 10.1. The summed E-state index contributed by atoms with van der Waals surface area (Å²) in [6.07, 6.45) is 3.49. The van der Waals surface area contributed by atoms with Crippen LogP contribution in [0, 0.1) is 13.8 Å². The van der Waals surface area contributed by atoms with Crippen molar-refractivity contribution in [2.45, 2.75) is 27.2 Å². The van der Waals surface area contributed by atoms with Crippen LogP contribution >= 0.6 is 0 Å². The first-order valence-corrected chi connectivity index (χ1v) is 8.25. The van der Waals surface area contributed by atoms with Gasteiger partial charge in [-0.3, -0.25) is 0 Å². The van der Waals surface area contributed by atoms with E-state index in [-0.39, 0.29) is 0 Å². The fourth-order valence-electron chi connectivity index (χ4n) is 2.81. The minimum Gasteiger partial charge on any atom is -0.465 e. The smallest absolute Gasteiger partial charge is 0.341 e. The fourth-order valence-corrected chi connectivity index (χ4v) is 2.81. The Bertz CT molecular complexity index is 929. The molecule has 0 unspecified atom stereocenters. The van der Waals surface area contributed by atoms with Crippen LogP contribution < -0.4 is 4.74 Å². The molecule has 0 N–H and O–H groups in total. The monoisotopic (exact) mass is 352 g/mol. The number of hydrogen-bond acceptors (Lipinski definition) is 6. The van der Waals surface area contributed by atoms with Gasteiger partial charge in [0.05, 0.1) is 19.0 Å². The highest BCUT2D eigenvalue weighted by molar-refractivity contribution is 5.90. The molecule has 26 heavy (non-hydrogen) atoms. The summed E-state index contributed by atoms with van der Waals surface area (Å²) in [6.45, 7) is 5.96. The van der Waals surface area contributed by atoms with E-state index in [2.05, 4.69) is 21.1 Å². The molecule has 0 fully saturated rings. The number of nitrogens with zero attached hydrogens (tertiary/aromatic N) is 4. The average molecular weight is 352 g/mol. The summed E-state index contributed by atoms with van der Waals surface area (Å²) in [5.74, 6) is 1.20. The van der Waals surface area contributed by atoms with Gasteiger partial charge in [0.15, 0.2) is 5.82 Å². The molecule has 3 aromatic rings. The molecule has 0 atom stereocenters. The van der Waals surface area contributed by atoms with Crippen molar-refractivity contribution < 1.29 is 14.3 Å². The molecule has 3 rings (SSSR count). The van der Waals surface area contributed by atoms with Gasteiger partial charge in [0.25, 0.3) is 0 Å². The van der Waals surface area contributed by atoms with Crippen LogP contribution in [-0.2, 0) is 11.2 Å². The Hall–Kier alpha value is -3.22. The minimum atomic E-state index is -0.422. The van der Waals surface area contributed by atoms with Gasteiger partial charge in [-0.25, -0.2) is 19.4 Å². The van der Waals surface area contributed by atoms with Crippen LogP contribution in [-0.4, -0.2) is 32.8 Å². The molecule has 0 aliphatic carbocycles. The summed E-state index contributed by atoms with van der Waals surface area (Å²) in [4.78, 5) is 20.3. The van der Waals surface area contributed by atoms with Crippen molar-refractivity contribution in [1.82, 2.24) is 19.7 Å². The van der Waals surface area contributed by atoms with E-state index in [1.165, 1.54) is 19.6 Å². The van der Waals surface area contributed by atoms with E-state index in [0.717, 1.165) is 11.1 Å². The first-order valence-electron chi connectivity index (χ1n) is 8.25. The lowest BCUT2D eigenvalue weighted by molar-refractivity contribution is 0.0599. The third kappa shape index (κ3) is 3.56. The maximum Gasteiger partial charge on any atom is 0.341 e. The molecule has 0 saturated heterocycles. The number of hydrogen-bond donors (Lipinski definition) is 0. The zero-order valence-corrected chi connectivity index (χ0v) is 15.2. The van der Waals surface area contributed by atoms with Crippen LogP contribution in [0.1, 0.15) is 34.1 Å². The van der Waals surface area contributed by atoms with Crippen LogP contribution in [0.3, 0.4) is 0 Å². The zero-order chi connectivity index (χ0) is 18.7. The van der Waals surface area contributed by atoms with Gasteiger partial charge >= 0.3 is 5.97 Å². The van der Waals surface area contributed by atoms with Crippen LogP contribution in [0.25, 0.3) is 5.82 Å². The Balaban J connectivity index is 1.95. The van der Waals surface area contributed by atoms with Gasteiger partial charge in [-0.1, -0.05) is 13.0 Å². The Morgan fingerprint density at radius 2 is 1.85 bits per heavy atom. The minimum absolute atomic E-state index is 0.400. The SMILES string of the molecule is CCc1c(C(=O)OC)cnn1-c1cc(Oc2cc(C)cc(C)c2)ncn1. The molecule has 2 aromatic heterocycles. The molecule has 7 nitrogen and oxygen atoms in total. The number of rotatable bonds is 5. The average Bonchev–Trinajstić information content (AvgIpc) is 3.04. The number of carbonyl (C=O) groups excluding carboxylic acids is 1. The van der Waals surface area contributed by atoms with E-state index in [1.807, 2.05) is 32.9 Å². The van der Waals surface area contributed by atoms with E-state index in [1.54, 1.807) is 10.7 Å². The van der Waals surface area contributed by atoms with E-state index >= 15 is 0 Å². The van der Waals surface area contributed by atoms with Crippen molar-refractivity contribution >= 4 is 5.97 Å². The number of carbonyl (C=O) groups is 1. The lowest BCUT2D eigenvalue weighted by Gasteiger charge is -2.09. The number of aromatic nitrogens is 4. The van der Waals surface area contributed by atoms with Gasteiger partial charge in [-0.2, -0.15) is 5.10 Å². The second kappa shape index (κ2) is 7.35. The van der Waals surface area contributed by atoms with Crippen LogP contribution in [0.5, 0.6) is 11.6 Å². The van der Waals surface area contributed by atoms with E-state index in [4.69, 9.17) is 9.47 Å². The maximum absolute atomic E-state index is 11.9. The summed E-state index contributed by atoms with van der Waals surface area (Å²) < 4.78 is 12.3. The Morgan fingerprint density at radius 3 is 2.50 bits per heavy atom. The van der Waals surface area contributed by atoms with E-state index in [9.17, 15) is 4.79 Å². The van der Waals surface area contributed by atoms with Crippen molar-refractivity contribution in [3.05, 3.63) is 59.2 Å². The second-order valence-corrected chi connectivity index (χ2v) is 5.90. The first-order chi connectivity index (χ1) is 12.5. The molecular formula is C19H20N4O3. The van der Waals surface area contributed by atoms with Gasteiger partial charge < -0.3 is 9.47 Å². The first kappa shape index (κ1) is 17.6. The highest BCUT2D eigenvalue weighted by Crippen LogP contribution is 2.24. The van der Waals surface area contributed by atoms with Crippen LogP contribution in [0.4, 0.5) is 0 Å². The van der Waals surface area contributed by atoms with Crippen LogP contribution in [0.2, 0.25) is 0 Å². The van der Waals surface area contributed by atoms with Crippen molar-refractivity contribution in [1.29, 1.82) is 0 Å². The lowest BCUT2D eigenvalue weighted by Crippen LogP contribution is -2.08. The number of methoxy groups -OCH3 is 1. The molecule has 0 radical (unpaired) electrons. The number of ether oxygens (including phenoxy) is 2. The summed E-state index contributed by atoms with van der Waals surface area (Å²) in [7, 11) is 1.35. The molecule has 7 heteroatoms. The highest BCUT2D eigenvalue weighted by Gasteiger charge is 2.18. The topological polar surface area (TPSA) is 79.1 Å². The van der Waals surface area contributed by atoms with Gasteiger partial charge in [0, 0.05) is 6.07 Å². The molecule has 0 aliphatic heterocycles. The Kier molecular flexibility index (Phi) is 4.97. The quantitative estimate of drug-likeness (QED) is 0.655. The number of aryl methyl sites for hydroxylation is 2. The third-order valence-electron chi connectivity index (χ3n) is 3.87. The van der Waals surface area contributed by atoms with Crippen molar-refractivity contribution in [3.63, 3.8) is 0 Å². The van der Waals surface area contributed by atoms with E-state index in [0.29, 0.717) is 35.1 Å². The summed E-state index contributed by atoms with van der Waals surface area (Å²) in [5, 5.41) is 4.27. The molecule has 0 bridgehead atoms. The Labute approximate surface area is 151 Å². The maximum atomic E-state index is 11.9. The predicted molar refractivity (Wildman–Crippen MR) is 95.9 cm³/mol. The van der Waals surface area contributed by atoms with Crippen molar-refractivity contribution in [2.24, 2.45) is 0 Å². The summed E-state index contributed by atoms with van der Waals surface area (Å²) in [5.41, 5.74) is 3.35. The molecule has 0 amide bonds. The highest BCUT2D eigenvalue weighted by atomic mass is 16.5. The third-order valence-corrected chi connectivity index (χ3v) is 3.87. The normalized spacial score (nSPS) is 10.6. The largest absolute Gasteiger partial charge is 0.465 e. The molecule has 1 aromatic carbocycles. The predicted octanol–water partition coefficient (Wildman–Crippen LogP) is 3.42. The van der Waals surface area contributed by atoms with Gasteiger partial charge in [0.1, 0.15) is 17.6 Å². The molecule has 0 spiro atoms. The fraction of sp³-hybridized carbons (Fsp3) is 0.263. The standard InChI is InChI=1S/C19H20N4O3/c1-5-16-15(19(24)25-4)10-22-23(16)17-9-18(21-11-20-17)26-14-7-12(2)6-13(3)8-14/h6-11H,5H2,1-4H3. The molecule has 134 valence electrons. The van der Waals surface area contributed by atoms with Gasteiger partial charge in [-0.05, 0) is 43.5 Å². The van der Waals surface area contributed by atoms with Crippen LogP contribution in [0.15, 0.2) is 36.8 Å². The molecule has 0 saturated carbocycles. The van der Waals surface area contributed by atoms with Gasteiger partial charge in [0.2, 0.25) is 5.88 Å². The zero-order valence-electron chi connectivity index (χ0n) is 15.2. The van der Waals surface area contributed by atoms with E-state index < -0.39 is 5.97 Å². The van der Waals surface area contributed by atoms with Gasteiger partial charge in [-0.15, -0.1) is 0 Å². The summed E-state index contributed by atoms with van der Waals surface area (Å²) >= 11 is 0.